The topological polar surface area (TPSA) is 89.3 Å². The maximum atomic E-state index is 12.8. The number of hydrogen-bond acceptors (Lipinski definition) is 4. The fourth-order valence-electron chi connectivity index (χ4n) is 1.70. The molecule has 0 unspecified atom stereocenters. The summed E-state index contributed by atoms with van der Waals surface area (Å²) in [6.07, 6.45) is 1.03. The van der Waals surface area contributed by atoms with E-state index in [2.05, 4.69) is 5.32 Å². The summed E-state index contributed by atoms with van der Waals surface area (Å²) < 4.78 is 35.8. The second kappa shape index (κ2) is 5.53. The van der Waals surface area contributed by atoms with Gasteiger partial charge in [-0.25, -0.2) is 12.8 Å². The lowest BCUT2D eigenvalue weighted by atomic mass is 10.2. The van der Waals surface area contributed by atoms with Gasteiger partial charge in [-0.3, -0.25) is 4.79 Å². The van der Waals surface area contributed by atoms with Crippen molar-refractivity contribution < 1.29 is 17.6 Å². The van der Waals surface area contributed by atoms with Crippen LogP contribution in [0.3, 0.4) is 0 Å². The van der Waals surface area contributed by atoms with Crippen molar-refractivity contribution in [1.82, 2.24) is 0 Å². The first kappa shape index (κ1) is 15.0. The fraction of sp³-hybridized carbons (Fsp3) is 0.0714. The molecule has 7 heteroatoms. The Hall–Kier alpha value is -2.41. The highest BCUT2D eigenvalue weighted by Crippen LogP contribution is 2.18. The lowest BCUT2D eigenvalue weighted by Crippen LogP contribution is -2.13. The van der Waals surface area contributed by atoms with Gasteiger partial charge in [0, 0.05) is 23.2 Å². The number of benzene rings is 2. The molecular weight excluding hydrogens is 295 g/mol. The van der Waals surface area contributed by atoms with Crippen molar-refractivity contribution in [2.75, 3.05) is 17.3 Å². The second-order valence-electron chi connectivity index (χ2n) is 4.52. The maximum Gasteiger partial charge on any atom is 0.255 e. The van der Waals surface area contributed by atoms with E-state index in [0.717, 1.165) is 6.26 Å². The van der Waals surface area contributed by atoms with Crippen LogP contribution >= 0.6 is 0 Å². The summed E-state index contributed by atoms with van der Waals surface area (Å²) in [6, 6.07) is 9.10. The van der Waals surface area contributed by atoms with E-state index >= 15 is 0 Å². The predicted octanol–water partition coefficient (Wildman–Crippen LogP) is 2.06. The Morgan fingerprint density at radius 2 is 1.76 bits per heavy atom. The Morgan fingerprint density at radius 1 is 1.14 bits per heavy atom. The van der Waals surface area contributed by atoms with E-state index < -0.39 is 21.6 Å². The van der Waals surface area contributed by atoms with Crippen LogP contribution in [0.1, 0.15) is 10.4 Å². The van der Waals surface area contributed by atoms with E-state index in [-0.39, 0.29) is 16.1 Å². The van der Waals surface area contributed by atoms with E-state index in [0.29, 0.717) is 5.69 Å². The van der Waals surface area contributed by atoms with Crippen molar-refractivity contribution in [1.29, 1.82) is 0 Å². The van der Waals surface area contributed by atoms with Gasteiger partial charge in [0.25, 0.3) is 5.91 Å². The highest BCUT2D eigenvalue weighted by molar-refractivity contribution is 7.90. The van der Waals surface area contributed by atoms with E-state index in [4.69, 9.17) is 5.73 Å². The van der Waals surface area contributed by atoms with Crippen LogP contribution in [0.5, 0.6) is 0 Å². The van der Waals surface area contributed by atoms with Crippen molar-refractivity contribution in [3.8, 4) is 0 Å². The zero-order valence-corrected chi connectivity index (χ0v) is 11.9. The van der Waals surface area contributed by atoms with Gasteiger partial charge in [-0.2, -0.15) is 0 Å². The molecule has 2 aromatic carbocycles. The van der Waals surface area contributed by atoms with Gasteiger partial charge >= 0.3 is 0 Å². The van der Waals surface area contributed by atoms with Crippen molar-refractivity contribution in [3.05, 3.63) is 53.8 Å². The first-order valence-electron chi connectivity index (χ1n) is 5.93. The van der Waals surface area contributed by atoms with E-state index in [9.17, 15) is 17.6 Å². The van der Waals surface area contributed by atoms with Crippen LogP contribution in [0.15, 0.2) is 47.4 Å². The zero-order valence-electron chi connectivity index (χ0n) is 11.1. The summed E-state index contributed by atoms with van der Waals surface area (Å²) in [5.74, 6) is -0.949. The summed E-state index contributed by atoms with van der Waals surface area (Å²) in [5, 5.41) is 2.54. The van der Waals surface area contributed by atoms with Crippen LogP contribution in [0, 0.1) is 5.82 Å². The van der Waals surface area contributed by atoms with Crippen LogP contribution in [-0.2, 0) is 9.84 Å². The molecule has 0 spiro atoms. The van der Waals surface area contributed by atoms with Crippen molar-refractivity contribution in [2.24, 2.45) is 0 Å². The molecule has 1 amide bonds. The standard InChI is InChI=1S/C14H13FN2O3S/c1-21(19,20)13-7-9(6-11(16)8-13)14(18)17-12-4-2-10(15)3-5-12/h2-8H,16H2,1H3,(H,17,18). The average molecular weight is 308 g/mol. The molecule has 0 heterocycles. The average Bonchev–Trinajstić information content (AvgIpc) is 2.39. The lowest BCUT2D eigenvalue weighted by Gasteiger charge is -2.08. The van der Waals surface area contributed by atoms with E-state index in [1.807, 2.05) is 0 Å². The van der Waals surface area contributed by atoms with Gasteiger partial charge in [0.05, 0.1) is 4.90 Å². The molecule has 0 bridgehead atoms. The van der Waals surface area contributed by atoms with Crippen LogP contribution in [0.25, 0.3) is 0 Å². The number of carbonyl (C=O) groups is 1. The van der Waals surface area contributed by atoms with Crippen LogP contribution in [-0.4, -0.2) is 20.6 Å². The first-order chi connectivity index (χ1) is 9.75. The summed E-state index contributed by atoms with van der Waals surface area (Å²) >= 11 is 0. The fourth-order valence-corrected chi connectivity index (χ4v) is 2.39. The second-order valence-corrected chi connectivity index (χ2v) is 6.54. The number of carbonyl (C=O) groups excluding carboxylic acids is 1. The molecule has 5 nitrogen and oxygen atoms in total. The van der Waals surface area contributed by atoms with Gasteiger partial charge in [-0.1, -0.05) is 0 Å². The molecule has 0 saturated heterocycles. The number of hydrogen-bond donors (Lipinski definition) is 2. The molecule has 2 rings (SSSR count). The summed E-state index contributed by atoms with van der Waals surface area (Å²) in [5.41, 5.74) is 6.29. The van der Waals surface area contributed by atoms with Crippen molar-refractivity contribution in [2.45, 2.75) is 4.90 Å². The number of nitrogens with two attached hydrogens (primary N) is 1. The molecule has 0 aromatic heterocycles. The quantitative estimate of drug-likeness (QED) is 0.849. The molecule has 0 aliphatic carbocycles. The number of amides is 1. The molecule has 0 saturated carbocycles. The lowest BCUT2D eigenvalue weighted by molar-refractivity contribution is 0.102. The van der Waals surface area contributed by atoms with Gasteiger partial charge in [0.1, 0.15) is 5.82 Å². The highest BCUT2D eigenvalue weighted by atomic mass is 32.2. The van der Waals surface area contributed by atoms with E-state index in [1.54, 1.807) is 0 Å². The largest absolute Gasteiger partial charge is 0.399 e. The monoisotopic (exact) mass is 308 g/mol. The van der Waals surface area contributed by atoms with Crippen LogP contribution in [0.2, 0.25) is 0 Å². The molecule has 0 aliphatic rings. The Balaban J connectivity index is 2.31. The van der Waals surface area contributed by atoms with Gasteiger partial charge in [0.15, 0.2) is 9.84 Å². The number of rotatable bonds is 3. The Labute approximate surface area is 121 Å². The Morgan fingerprint density at radius 3 is 2.33 bits per heavy atom. The Kier molecular flexibility index (Phi) is 3.95. The minimum atomic E-state index is -3.47. The molecule has 110 valence electrons. The Bertz CT molecular complexity index is 786. The third-order valence-corrected chi connectivity index (χ3v) is 3.81. The molecule has 0 aliphatic heterocycles. The summed E-state index contributed by atoms with van der Waals surface area (Å²) in [6.45, 7) is 0. The minimum Gasteiger partial charge on any atom is -0.399 e. The third-order valence-electron chi connectivity index (χ3n) is 2.72. The first-order valence-corrected chi connectivity index (χ1v) is 7.82. The van der Waals surface area contributed by atoms with Gasteiger partial charge < -0.3 is 11.1 Å². The van der Waals surface area contributed by atoms with Crippen molar-refractivity contribution >= 4 is 27.1 Å². The highest BCUT2D eigenvalue weighted by Gasteiger charge is 2.13. The molecule has 0 radical (unpaired) electrons. The molecule has 0 fully saturated rings. The SMILES string of the molecule is CS(=O)(=O)c1cc(N)cc(C(=O)Nc2ccc(F)cc2)c1. The van der Waals surface area contributed by atoms with Gasteiger partial charge in [0.2, 0.25) is 0 Å². The van der Waals surface area contributed by atoms with Crippen LogP contribution < -0.4 is 11.1 Å². The number of halogens is 1. The number of nitrogens with one attached hydrogen (secondary N) is 1. The van der Waals surface area contributed by atoms with Crippen LogP contribution in [0.4, 0.5) is 15.8 Å². The summed E-state index contributed by atoms with van der Waals surface area (Å²) in [4.78, 5) is 12.0. The molecule has 0 atom stereocenters. The number of sulfone groups is 1. The molecular formula is C14H13FN2O3S. The van der Waals surface area contributed by atoms with Gasteiger partial charge in [-0.15, -0.1) is 0 Å². The molecule has 21 heavy (non-hydrogen) atoms. The number of nitrogen functional groups attached to an aromatic ring is 1. The smallest absolute Gasteiger partial charge is 0.255 e. The molecule has 2 aromatic rings. The zero-order chi connectivity index (χ0) is 15.6. The normalized spacial score (nSPS) is 11.1. The third kappa shape index (κ3) is 3.79. The number of anilines is 2. The maximum absolute atomic E-state index is 12.8. The predicted molar refractivity (Wildman–Crippen MR) is 78.3 cm³/mol. The summed E-state index contributed by atoms with van der Waals surface area (Å²) in [7, 11) is -3.47. The van der Waals surface area contributed by atoms with Crippen molar-refractivity contribution in [3.63, 3.8) is 0 Å². The molecule has 3 N–H and O–H groups in total. The minimum absolute atomic E-state index is 0.0354. The van der Waals surface area contributed by atoms with E-state index in [1.165, 1.54) is 42.5 Å². The van der Waals surface area contributed by atoms with Gasteiger partial charge in [-0.05, 0) is 42.5 Å².